The maximum absolute atomic E-state index is 12.9. The molecule has 0 aromatic carbocycles. The van der Waals surface area contributed by atoms with Crippen LogP contribution < -0.4 is 0 Å². The van der Waals surface area contributed by atoms with E-state index in [2.05, 4.69) is 41.0 Å². The molecule has 2 aromatic rings. The molecule has 0 saturated carbocycles. The van der Waals surface area contributed by atoms with Gasteiger partial charge in [-0.05, 0) is 44.7 Å². The van der Waals surface area contributed by atoms with Crippen molar-refractivity contribution < 1.29 is 9.32 Å². The van der Waals surface area contributed by atoms with Crippen LogP contribution in [-0.4, -0.2) is 62.3 Å². The number of carbonyl (C=O) groups excluding carboxylic acids is 1. The monoisotopic (exact) mass is 386 g/mol. The lowest BCUT2D eigenvalue weighted by Crippen LogP contribution is -2.44. The first-order valence-corrected chi connectivity index (χ1v) is 10.3. The number of hydrogen-bond donors (Lipinski definition) is 0. The lowest BCUT2D eigenvalue weighted by molar-refractivity contribution is 0.0581. The van der Waals surface area contributed by atoms with Gasteiger partial charge in [0.25, 0.3) is 5.91 Å². The van der Waals surface area contributed by atoms with Crippen LogP contribution in [0.25, 0.3) is 0 Å². The van der Waals surface area contributed by atoms with Gasteiger partial charge in [-0.3, -0.25) is 14.4 Å². The molecule has 0 aliphatic carbocycles. The molecule has 152 valence electrons. The highest BCUT2D eigenvalue weighted by Gasteiger charge is 2.46. The normalized spacial score (nSPS) is 22.5. The summed E-state index contributed by atoms with van der Waals surface area (Å²) in [6.45, 7) is 9.43. The molecule has 1 unspecified atom stereocenters. The van der Waals surface area contributed by atoms with Crippen LogP contribution in [0.1, 0.15) is 74.2 Å². The Hall–Kier alpha value is -2.22. The van der Waals surface area contributed by atoms with E-state index in [0.717, 1.165) is 44.7 Å². The molecule has 4 heterocycles. The van der Waals surface area contributed by atoms with Crippen LogP contribution in [0, 0.1) is 5.41 Å². The van der Waals surface area contributed by atoms with Crippen molar-refractivity contribution in [2.45, 2.75) is 58.5 Å². The van der Waals surface area contributed by atoms with E-state index in [0.29, 0.717) is 18.1 Å². The second-order valence-electron chi connectivity index (χ2n) is 8.60. The van der Waals surface area contributed by atoms with E-state index < -0.39 is 0 Å². The highest BCUT2D eigenvalue weighted by atomic mass is 16.5. The zero-order valence-corrected chi connectivity index (χ0v) is 17.3. The molecule has 2 saturated heterocycles. The molecule has 1 atom stereocenters. The van der Waals surface area contributed by atoms with Crippen molar-refractivity contribution >= 4 is 5.91 Å². The summed E-state index contributed by atoms with van der Waals surface area (Å²) in [4.78, 5) is 21.8. The largest absolute Gasteiger partial charge is 0.339 e. The van der Waals surface area contributed by atoms with Crippen molar-refractivity contribution in [3.8, 4) is 0 Å². The number of carbonyl (C=O) groups is 1. The third-order valence-corrected chi connectivity index (χ3v) is 6.34. The number of likely N-dealkylation sites (tertiary alicyclic amines) is 2. The summed E-state index contributed by atoms with van der Waals surface area (Å²) >= 11 is 0. The van der Waals surface area contributed by atoms with Crippen molar-refractivity contribution in [1.29, 1.82) is 0 Å². The first-order valence-electron chi connectivity index (χ1n) is 10.3. The Labute approximate surface area is 165 Å². The summed E-state index contributed by atoms with van der Waals surface area (Å²) in [6, 6.07) is 2.01. The molecule has 0 N–H and O–H groups in total. The fourth-order valence-electron chi connectivity index (χ4n) is 4.65. The van der Waals surface area contributed by atoms with E-state index in [1.54, 1.807) is 10.9 Å². The van der Waals surface area contributed by atoms with E-state index in [4.69, 9.17) is 4.52 Å². The molecule has 2 fully saturated rings. The second-order valence-corrected chi connectivity index (χ2v) is 8.60. The summed E-state index contributed by atoms with van der Waals surface area (Å²) in [5.41, 5.74) is 0.910. The SMILES string of the molecule is CCn1nccc1C(=O)N1CCC2(CC1)CC(c1noc(C(C)C)n1)N(C)C2. The van der Waals surface area contributed by atoms with Gasteiger partial charge in [-0.1, -0.05) is 19.0 Å². The van der Waals surface area contributed by atoms with E-state index in [-0.39, 0.29) is 23.3 Å². The molecule has 1 amide bonds. The van der Waals surface area contributed by atoms with E-state index in [1.807, 2.05) is 17.9 Å². The van der Waals surface area contributed by atoms with E-state index in [9.17, 15) is 4.79 Å². The number of rotatable bonds is 4. The van der Waals surface area contributed by atoms with Gasteiger partial charge in [0.1, 0.15) is 5.69 Å². The van der Waals surface area contributed by atoms with Crippen LogP contribution in [0.3, 0.4) is 0 Å². The minimum atomic E-state index is 0.0943. The second kappa shape index (κ2) is 7.31. The number of nitrogens with zero attached hydrogens (tertiary/aromatic N) is 6. The minimum absolute atomic E-state index is 0.0943. The van der Waals surface area contributed by atoms with Gasteiger partial charge >= 0.3 is 0 Å². The first-order chi connectivity index (χ1) is 13.4. The number of piperidine rings is 1. The van der Waals surface area contributed by atoms with Crippen molar-refractivity contribution in [3.05, 3.63) is 29.7 Å². The van der Waals surface area contributed by atoms with Gasteiger partial charge in [-0.2, -0.15) is 10.1 Å². The standard InChI is InChI=1S/C20H30N6O2/c1-5-26-15(6-9-21-26)19(27)25-10-7-20(8-11-25)12-16(24(4)13-20)17-22-18(14(2)3)28-23-17/h6,9,14,16H,5,7-8,10-13H2,1-4H3. The molecule has 1 spiro atoms. The van der Waals surface area contributed by atoms with Gasteiger partial charge < -0.3 is 9.42 Å². The molecule has 0 radical (unpaired) electrons. The molecule has 8 heteroatoms. The Morgan fingerprint density at radius 3 is 2.75 bits per heavy atom. The topological polar surface area (TPSA) is 80.3 Å². The zero-order valence-electron chi connectivity index (χ0n) is 17.3. The predicted molar refractivity (Wildman–Crippen MR) is 104 cm³/mol. The van der Waals surface area contributed by atoms with Crippen LogP contribution >= 0.6 is 0 Å². The minimum Gasteiger partial charge on any atom is -0.339 e. The van der Waals surface area contributed by atoms with E-state index in [1.165, 1.54) is 0 Å². The fraction of sp³-hybridized carbons (Fsp3) is 0.700. The Kier molecular flexibility index (Phi) is 4.99. The molecule has 2 aromatic heterocycles. The van der Waals surface area contributed by atoms with Crippen LogP contribution in [0.2, 0.25) is 0 Å². The van der Waals surface area contributed by atoms with Crippen molar-refractivity contribution in [2.24, 2.45) is 5.41 Å². The van der Waals surface area contributed by atoms with Gasteiger partial charge in [0, 0.05) is 38.3 Å². The predicted octanol–water partition coefficient (Wildman–Crippen LogP) is 2.71. The summed E-state index contributed by atoms with van der Waals surface area (Å²) in [7, 11) is 2.14. The highest BCUT2D eigenvalue weighted by molar-refractivity contribution is 5.92. The Balaban J connectivity index is 1.42. The molecule has 2 aliphatic rings. The quantitative estimate of drug-likeness (QED) is 0.804. The summed E-state index contributed by atoms with van der Waals surface area (Å²) < 4.78 is 7.20. The van der Waals surface area contributed by atoms with Crippen LogP contribution in [0.5, 0.6) is 0 Å². The summed E-state index contributed by atoms with van der Waals surface area (Å²) in [5.74, 6) is 1.84. The summed E-state index contributed by atoms with van der Waals surface area (Å²) in [5, 5.41) is 8.47. The Bertz CT molecular complexity index is 833. The van der Waals surface area contributed by atoms with Crippen LogP contribution in [0.15, 0.2) is 16.8 Å². The van der Waals surface area contributed by atoms with Gasteiger partial charge in [0.2, 0.25) is 5.89 Å². The molecule has 28 heavy (non-hydrogen) atoms. The number of aromatic nitrogens is 4. The van der Waals surface area contributed by atoms with Crippen molar-refractivity contribution in [3.63, 3.8) is 0 Å². The molecule has 4 rings (SSSR count). The highest BCUT2D eigenvalue weighted by Crippen LogP contribution is 2.47. The maximum atomic E-state index is 12.9. The molecular weight excluding hydrogens is 356 g/mol. The number of amides is 1. The first kappa shape index (κ1) is 19.1. The molecule has 0 bridgehead atoms. The van der Waals surface area contributed by atoms with Gasteiger partial charge in [0.15, 0.2) is 5.82 Å². The summed E-state index contributed by atoms with van der Waals surface area (Å²) in [6.07, 6.45) is 4.74. The van der Waals surface area contributed by atoms with Gasteiger partial charge in [0.05, 0.1) is 6.04 Å². The fourth-order valence-corrected chi connectivity index (χ4v) is 4.65. The molecular formula is C20H30N6O2. The third-order valence-electron chi connectivity index (χ3n) is 6.34. The number of aryl methyl sites for hydroxylation is 1. The van der Waals surface area contributed by atoms with Gasteiger partial charge in [-0.25, -0.2) is 0 Å². The van der Waals surface area contributed by atoms with Crippen LogP contribution in [-0.2, 0) is 6.54 Å². The third kappa shape index (κ3) is 3.34. The smallest absolute Gasteiger partial charge is 0.272 e. The van der Waals surface area contributed by atoms with Crippen molar-refractivity contribution in [2.75, 3.05) is 26.7 Å². The van der Waals surface area contributed by atoms with Crippen molar-refractivity contribution in [1.82, 2.24) is 29.7 Å². The average molecular weight is 387 g/mol. The lowest BCUT2D eigenvalue weighted by Gasteiger charge is -2.39. The lowest BCUT2D eigenvalue weighted by atomic mass is 9.76. The number of hydrogen-bond acceptors (Lipinski definition) is 6. The van der Waals surface area contributed by atoms with Crippen LogP contribution in [0.4, 0.5) is 0 Å². The molecule has 8 nitrogen and oxygen atoms in total. The van der Waals surface area contributed by atoms with E-state index >= 15 is 0 Å². The van der Waals surface area contributed by atoms with Gasteiger partial charge in [-0.15, -0.1) is 0 Å². The Morgan fingerprint density at radius 1 is 1.36 bits per heavy atom. The zero-order chi connectivity index (χ0) is 19.9. The average Bonchev–Trinajstić information content (AvgIpc) is 3.40. The Morgan fingerprint density at radius 2 is 2.11 bits per heavy atom. The maximum Gasteiger partial charge on any atom is 0.272 e. The molecule has 2 aliphatic heterocycles.